The standard InChI is InChI=1S/C18H16FN3OS/c1-12-18(21-9-13(19)6-7-17(21)20-12)16-10-24-11-22(16)14-4-3-5-15(8-14)23-2/h3-10H,11H2,1-2H3. The Labute approximate surface area is 143 Å². The highest BCUT2D eigenvalue weighted by Crippen LogP contribution is 2.38. The number of ether oxygens (including phenoxy) is 1. The van der Waals surface area contributed by atoms with Crippen molar-refractivity contribution in [1.29, 1.82) is 0 Å². The van der Waals surface area contributed by atoms with E-state index in [0.717, 1.165) is 40.0 Å². The molecule has 1 aliphatic rings. The van der Waals surface area contributed by atoms with Crippen LogP contribution in [0, 0.1) is 12.7 Å². The van der Waals surface area contributed by atoms with Crippen LogP contribution in [0.1, 0.15) is 11.4 Å². The molecule has 0 unspecified atom stereocenters. The van der Waals surface area contributed by atoms with Gasteiger partial charge in [0.1, 0.15) is 17.2 Å². The van der Waals surface area contributed by atoms with Gasteiger partial charge >= 0.3 is 0 Å². The highest BCUT2D eigenvalue weighted by Gasteiger charge is 2.24. The predicted molar refractivity (Wildman–Crippen MR) is 95.8 cm³/mol. The van der Waals surface area contributed by atoms with Crippen molar-refractivity contribution < 1.29 is 9.13 Å². The summed E-state index contributed by atoms with van der Waals surface area (Å²) >= 11 is 1.71. The van der Waals surface area contributed by atoms with Gasteiger partial charge in [0.25, 0.3) is 0 Å². The van der Waals surface area contributed by atoms with E-state index in [9.17, 15) is 4.39 Å². The molecule has 0 saturated carbocycles. The zero-order valence-electron chi connectivity index (χ0n) is 13.4. The summed E-state index contributed by atoms with van der Waals surface area (Å²) in [5.41, 5.74) is 4.59. The van der Waals surface area contributed by atoms with E-state index in [0.29, 0.717) is 0 Å². The minimum atomic E-state index is -0.277. The lowest BCUT2D eigenvalue weighted by molar-refractivity contribution is 0.415. The molecule has 4 nitrogen and oxygen atoms in total. The van der Waals surface area contributed by atoms with E-state index in [2.05, 4.69) is 15.3 Å². The van der Waals surface area contributed by atoms with Gasteiger partial charge in [-0.3, -0.25) is 4.40 Å². The summed E-state index contributed by atoms with van der Waals surface area (Å²) < 4.78 is 20.9. The molecule has 0 N–H and O–H groups in total. The quantitative estimate of drug-likeness (QED) is 0.710. The Kier molecular flexibility index (Phi) is 3.69. The molecule has 0 spiro atoms. The Morgan fingerprint density at radius 2 is 2.12 bits per heavy atom. The predicted octanol–water partition coefficient (Wildman–Crippen LogP) is 4.30. The number of fused-ring (bicyclic) bond motifs is 1. The summed E-state index contributed by atoms with van der Waals surface area (Å²) in [6.45, 7) is 1.95. The van der Waals surface area contributed by atoms with E-state index >= 15 is 0 Å². The lowest BCUT2D eigenvalue weighted by atomic mass is 10.2. The number of aromatic nitrogens is 2. The minimum absolute atomic E-state index is 0.277. The van der Waals surface area contributed by atoms with Gasteiger partial charge in [0.15, 0.2) is 0 Å². The number of benzene rings is 1. The van der Waals surface area contributed by atoms with Gasteiger partial charge in [0, 0.05) is 18.0 Å². The molecule has 2 aromatic heterocycles. The number of methoxy groups -OCH3 is 1. The first-order valence-electron chi connectivity index (χ1n) is 7.55. The first-order valence-corrected chi connectivity index (χ1v) is 8.60. The second-order valence-electron chi connectivity index (χ2n) is 5.55. The molecule has 1 aliphatic heterocycles. The summed E-state index contributed by atoms with van der Waals surface area (Å²) in [4.78, 5) is 6.74. The summed E-state index contributed by atoms with van der Waals surface area (Å²) in [5.74, 6) is 1.33. The van der Waals surface area contributed by atoms with Crippen molar-refractivity contribution in [2.45, 2.75) is 6.92 Å². The van der Waals surface area contributed by atoms with Crippen LogP contribution in [0.4, 0.5) is 10.1 Å². The van der Waals surface area contributed by atoms with Crippen molar-refractivity contribution in [1.82, 2.24) is 9.38 Å². The number of imidazole rings is 1. The molecule has 0 fully saturated rings. The van der Waals surface area contributed by atoms with Gasteiger partial charge in [-0.1, -0.05) is 6.07 Å². The third-order valence-corrected chi connectivity index (χ3v) is 4.85. The van der Waals surface area contributed by atoms with Gasteiger partial charge in [-0.2, -0.15) is 0 Å². The van der Waals surface area contributed by atoms with Gasteiger partial charge in [0.2, 0.25) is 0 Å². The number of thioether (sulfide) groups is 1. The van der Waals surface area contributed by atoms with Crippen LogP contribution in [-0.2, 0) is 0 Å². The smallest absolute Gasteiger partial charge is 0.139 e. The van der Waals surface area contributed by atoms with Crippen LogP contribution in [0.15, 0.2) is 48.0 Å². The van der Waals surface area contributed by atoms with Crippen molar-refractivity contribution in [3.63, 3.8) is 0 Å². The van der Waals surface area contributed by atoms with Crippen molar-refractivity contribution in [2.24, 2.45) is 0 Å². The van der Waals surface area contributed by atoms with Crippen LogP contribution in [0.3, 0.4) is 0 Å². The molecule has 0 saturated heterocycles. The molecule has 3 aromatic rings. The van der Waals surface area contributed by atoms with Gasteiger partial charge in [0.05, 0.1) is 30.1 Å². The van der Waals surface area contributed by atoms with Crippen LogP contribution >= 0.6 is 11.8 Å². The summed E-state index contributed by atoms with van der Waals surface area (Å²) in [6, 6.07) is 11.1. The van der Waals surface area contributed by atoms with E-state index in [1.54, 1.807) is 24.9 Å². The Balaban J connectivity index is 1.83. The molecule has 0 radical (unpaired) electrons. The Morgan fingerprint density at radius 3 is 2.96 bits per heavy atom. The topological polar surface area (TPSA) is 29.8 Å². The van der Waals surface area contributed by atoms with Crippen LogP contribution in [0.2, 0.25) is 0 Å². The molecule has 6 heteroatoms. The number of rotatable bonds is 3. The van der Waals surface area contributed by atoms with Crippen molar-refractivity contribution in [2.75, 3.05) is 17.9 Å². The average Bonchev–Trinajstić information content (AvgIpc) is 3.18. The van der Waals surface area contributed by atoms with Crippen molar-refractivity contribution in [3.8, 4) is 5.75 Å². The molecule has 0 atom stereocenters. The van der Waals surface area contributed by atoms with Crippen molar-refractivity contribution in [3.05, 3.63) is 65.2 Å². The molecular weight excluding hydrogens is 325 g/mol. The van der Waals surface area contributed by atoms with E-state index in [4.69, 9.17) is 4.74 Å². The molecular formula is C18H16FN3OS. The molecule has 0 aliphatic carbocycles. The van der Waals surface area contributed by atoms with Crippen LogP contribution < -0.4 is 9.64 Å². The second kappa shape index (κ2) is 5.87. The highest BCUT2D eigenvalue weighted by atomic mass is 32.2. The second-order valence-corrected chi connectivity index (χ2v) is 6.38. The fraction of sp³-hybridized carbons (Fsp3) is 0.167. The van der Waals surface area contributed by atoms with Gasteiger partial charge < -0.3 is 9.64 Å². The van der Waals surface area contributed by atoms with E-state index < -0.39 is 0 Å². The number of halogens is 1. The Bertz CT molecular complexity index is 951. The molecule has 0 amide bonds. The Morgan fingerprint density at radius 1 is 1.25 bits per heavy atom. The fourth-order valence-corrected chi connectivity index (χ4v) is 3.85. The monoisotopic (exact) mass is 341 g/mol. The van der Waals surface area contributed by atoms with Gasteiger partial charge in [-0.15, -0.1) is 11.8 Å². The maximum Gasteiger partial charge on any atom is 0.139 e. The van der Waals surface area contributed by atoms with Crippen molar-refractivity contribution >= 4 is 28.8 Å². The number of hydrogen-bond donors (Lipinski definition) is 0. The van der Waals surface area contributed by atoms with Gasteiger partial charge in [-0.05, 0) is 36.6 Å². The largest absolute Gasteiger partial charge is 0.497 e. The molecule has 122 valence electrons. The maximum absolute atomic E-state index is 13.7. The number of nitrogens with zero attached hydrogens (tertiary/aromatic N) is 3. The molecule has 0 bridgehead atoms. The third-order valence-electron chi connectivity index (χ3n) is 4.05. The van der Waals surface area contributed by atoms with E-state index in [1.165, 1.54) is 12.3 Å². The maximum atomic E-state index is 13.7. The first kappa shape index (κ1) is 15.1. The van der Waals surface area contributed by atoms with Crippen LogP contribution in [0.5, 0.6) is 5.75 Å². The number of pyridine rings is 1. The van der Waals surface area contributed by atoms with Crippen LogP contribution in [0.25, 0.3) is 11.3 Å². The summed E-state index contributed by atoms with van der Waals surface area (Å²) in [6.07, 6.45) is 1.48. The lowest BCUT2D eigenvalue weighted by Gasteiger charge is -2.22. The molecule has 24 heavy (non-hydrogen) atoms. The molecule has 1 aromatic carbocycles. The zero-order valence-corrected chi connectivity index (χ0v) is 14.2. The molecule has 4 rings (SSSR count). The van der Waals surface area contributed by atoms with Crippen LogP contribution in [-0.4, -0.2) is 22.4 Å². The SMILES string of the molecule is COc1cccc(N2CSC=C2c2c(C)nc3ccc(F)cn23)c1. The van der Waals surface area contributed by atoms with E-state index in [1.807, 2.05) is 35.6 Å². The van der Waals surface area contributed by atoms with E-state index in [-0.39, 0.29) is 5.82 Å². The number of aryl methyl sites for hydroxylation is 1. The fourth-order valence-electron chi connectivity index (χ4n) is 2.94. The third kappa shape index (κ3) is 2.43. The minimum Gasteiger partial charge on any atom is -0.497 e. The van der Waals surface area contributed by atoms with Gasteiger partial charge in [-0.25, -0.2) is 9.37 Å². The highest BCUT2D eigenvalue weighted by molar-refractivity contribution is 8.02. The summed E-state index contributed by atoms with van der Waals surface area (Å²) in [5, 5.41) is 2.10. The zero-order chi connectivity index (χ0) is 16.7. The number of hydrogen-bond acceptors (Lipinski definition) is 4. The summed E-state index contributed by atoms with van der Waals surface area (Å²) in [7, 11) is 1.66. The lowest BCUT2D eigenvalue weighted by Crippen LogP contribution is -2.18. The average molecular weight is 341 g/mol. The Hall–Kier alpha value is -2.47. The number of anilines is 1. The molecule has 3 heterocycles. The first-order chi connectivity index (χ1) is 11.7. The normalized spacial score (nSPS) is 14.3.